The van der Waals surface area contributed by atoms with E-state index in [-0.39, 0.29) is 12.7 Å². The molecule has 0 saturated carbocycles. The lowest BCUT2D eigenvalue weighted by atomic mass is 10.1. The Labute approximate surface area is 167 Å². The van der Waals surface area contributed by atoms with E-state index in [9.17, 15) is 32.3 Å². The number of amides is 1. The molecule has 0 saturated heterocycles. The van der Waals surface area contributed by atoms with Gasteiger partial charge in [-0.15, -0.1) is 0 Å². The second-order valence-corrected chi connectivity index (χ2v) is 6.09. The van der Waals surface area contributed by atoms with E-state index in [1.54, 1.807) is 30.3 Å². The molecule has 0 radical (unpaired) electrons. The van der Waals surface area contributed by atoms with E-state index >= 15 is 0 Å². The Bertz CT molecular complexity index is 870. The van der Waals surface area contributed by atoms with E-state index in [1.165, 1.54) is 0 Å². The number of aliphatic carboxylic acids is 1. The zero-order valence-electron chi connectivity index (χ0n) is 15.3. The van der Waals surface area contributed by atoms with Gasteiger partial charge in [0.05, 0.1) is 12.5 Å². The van der Waals surface area contributed by atoms with Crippen LogP contribution in [0, 0.1) is 23.3 Å². The Kier molecular flexibility index (Phi) is 7.98. The van der Waals surface area contributed by atoms with Gasteiger partial charge in [-0.3, -0.25) is 4.79 Å². The zero-order valence-corrected chi connectivity index (χ0v) is 15.3. The molecule has 0 fully saturated rings. The minimum absolute atomic E-state index is 0.0223. The Hall–Kier alpha value is -3.34. The van der Waals surface area contributed by atoms with Gasteiger partial charge in [0.1, 0.15) is 19.3 Å². The monoisotopic (exact) mass is 431 g/mol. The summed E-state index contributed by atoms with van der Waals surface area (Å²) in [5.41, 5.74) is 0.644. The highest BCUT2D eigenvalue weighted by atomic mass is 19.2. The number of carbonyl (C=O) groups excluding carboxylic acids is 1. The van der Waals surface area contributed by atoms with Gasteiger partial charge in [0, 0.05) is 6.07 Å². The largest absolute Gasteiger partial charge is 0.485 e. The van der Waals surface area contributed by atoms with Crippen LogP contribution in [0.25, 0.3) is 0 Å². The van der Waals surface area contributed by atoms with E-state index in [1.807, 2.05) is 0 Å². The van der Waals surface area contributed by atoms with Crippen molar-refractivity contribution in [3.63, 3.8) is 0 Å². The van der Waals surface area contributed by atoms with Crippen LogP contribution in [-0.4, -0.2) is 41.0 Å². The first-order chi connectivity index (χ1) is 14.2. The van der Waals surface area contributed by atoms with Gasteiger partial charge in [-0.05, 0) is 5.56 Å². The molecule has 0 spiro atoms. The van der Waals surface area contributed by atoms with Gasteiger partial charge < -0.3 is 25.0 Å². The number of aliphatic hydroxyl groups is 1. The fourth-order valence-corrected chi connectivity index (χ4v) is 2.35. The lowest BCUT2D eigenvalue weighted by Gasteiger charge is -2.23. The molecule has 0 heterocycles. The van der Waals surface area contributed by atoms with Crippen molar-refractivity contribution in [2.45, 2.75) is 25.2 Å². The molecule has 0 aliphatic heterocycles. The summed E-state index contributed by atoms with van der Waals surface area (Å²) in [6, 6.07) is 6.99. The first kappa shape index (κ1) is 22.9. The molecule has 0 aliphatic rings. The molecule has 2 atom stereocenters. The molecule has 2 aromatic carbocycles. The van der Waals surface area contributed by atoms with Crippen molar-refractivity contribution in [2.75, 3.05) is 6.61 Å². The number of hydrogen-bond acceptors (Lipinski definition) is 5. The number of ether oxygens (including phenoxy) is 2. The summed E-state index contributed by atoms with van der Waals surface area (Å²) in [4.78, 5) is 22.9. The number of nitrogens with one attached hydrogen (secondary N) is 1. The highest BCUT2D eigenvalue weighted by Crippen LogP contribution is 2.26. The molecule has 30 heavy (non-hydrogen) atoms. The number of benzene rings is 2. The van der Waals surface area contributed by atoms with Gasteiger partial charge in [-0.1, -0.05) is 30.3 Å². The van der Waals surface area contributed by atoms with Crippen molar-refractivity contribution < 1.29 is 46.8 Å². The van der Waals surface area contributed by atoms with E-state index < -0.39 is 66.3 Å². The van der Waals surface area contributed by atoms with Crippen molar-refractivity contribution in [2.24, 2.45) is 0 Å². The van der Waals surface area contributed by atoms with Crippen LogP contribution in [0.3, 0.4) is 0 Å². The fraction of sp³-hybridized carbons (Fsp3) is 0.263. The zero-order chi connectivity index (χ0) is 22.3. The van der Waals surface area contributed by atoms with Gasteiger partial charge in [0.15, 0.2) is 17.4 Å². The minimum atomic E-state index is -1.83. The first-order valence-corrected chi connectivity index (χ1v) is 8.52. The van der Waals surface area contributed by atoms with Gasteiger partial charge in [-0.2, -0.15) is 8.78 Å². The van der Waals surface area contributed by atoms with Gasteiger partial charge in [0.25, 0.3) is 0 Å². The summed E-state index contributed by atoms with van der Waals surface area (Å²) in [7, 11) is 0. The second kappa shape index (κ2) is 10.4. The van der Waals surface area contributed by atoms with Crippen LogP contribution in [0.1, 0.15) is 12.0 Å². The van der Waals surface area contributed by atoms with E-state index in [0.29, 0.717) is 5.56 Å². The number of halogens is 4. The Morgan fingerprint density at radius 3 is 2.20 bits per heavy atom. The molecule has 2 aromatic rings. The van der Waals surface area contributed by atoms with Crippen molar-refractivity contribution >= 4 is 12.1 Å². The van der Waals surface area contributed by atoms with E-state index in [0.717, 1.165) is 0 Å². The molecule has 0 aromatic heterocycles. The summed E-state index contributed by atoms with van der Waals surface area (Å²) in [6.07, 6.45) is -3.68. The molecule has 0 bridgehead atoms. The number of aliphatic hydroxyl groups excluding tert-OH is 1. The normalized spacial score (nSPS) is 12.7. The van der Waals surface area contributed by atoms with E-state index in [4.69, 9.17) is 9.84 Å². The maximum Gasteiger partial charge on any atom is 0.407 e. The Morgan fingerprint density at radius 1 is 1.03 bits per heavy atom. The van der Waals surface area contributed by atoms with Crippen molar-refractivity contribution in [1.82, 2.24) is 5.32 Å². The smallest absolute Gasteiger partial charge is 0.407 e. The third-order valence-corrected chi connectivity index (χ3v) is 3.84. The second-order valence-electron chi connectivity index (χ2n) is 6.09. The summed E-state index contributed by atoms with van der Waals surface area (Å²) < 4.78 is 63.1. The summed E-state index contributed by atoms with van der Waals surface area (Å²) in [5.74, 6) is -9.94. The van der Waals surface area contributed by atoms with Crippen molar-refractivity contribution in [1.29, 1.82) is 0 Å². The predicted molar refractivity (Wildman–Crippen MR) is 93.6 cm³/mol. The maximum absolute atomic E-state index is 13.6. The number of hydrogen-bond donors (Lipinski definition) is 3. The van der Waals surface area contributed by atoms with Crippen molar-refractivity contribution in [3.8, 4) is 5.75 Å². The Balaban J connectivity index is 2.00. The number of alkyl carbamates (subject to hydrolysis) is 1. The molecule has 2 unspecified atom stereocenters. The van der Waals surface area contributed by atoms with Gasteiger partial charge in [-0.25, -0.2) is 13.6 Å². The van der Waals surface area contributed by atoms with Gasteiger partial charge in [0.2, 0.25) is 11.6 Å². The molecular weight excluding hydrogens is 414 g/mol. The van der Waals surface area contributed by atoms with Crippen LogP contribution < -0.4 is 10.1 Å². The number of rotatable bonds is 9. The third kappa shape index (κ3) is 6.34. The van der Waals surface area contributed by atoms with Crippen LogP contribution in [0.15, 0.2) is 36.4 Å². The SMILES string of the molecule is O=C(O)CC(NC(=O)OCc1ccccc1)C(O)COc1c(F)c(F)cc(F)c1F. The summed E-state index contributed by atoms with van der Waals surface area (Å²) >= 11 is 0. The number of carbonyl (C=O) groups is 2. The van der Waals surface area contributed by atoms with Crippen LogP contribution in [-0.2, 0) is 16.1 Å². The molecule has 162 valence electrons. The molecule has 0 aliphatic carbocycles. The quantitative estimate of drug-likeness (QED) is 0.417. The lowest BCUT2D eigenvalue weighted by molar-refractivity contribution is -0.138. The first-order valence-electron chi connectivity index (χ1n) is 8.52. The topological polar surface area (TPSA) is 105 Å². The molecule has 3 N–H and O–H groups in total. The third-order valence-electron chi connectivity index (χ3n) is 3.84. The maximum atomic E-state index is 13.6. The van der Waals surface area contributed by atoms with Gasteiger partial charge >= 0.3 is 12.1 Å². The van der Waals surface area contributed by atoms with E-state index in [2.05, 4.69) is 10.1 Å². The number of carboxylic acids is 1. The summed E-state index contributed by atoms with van der Waals surface area (Å²) in [5, 5.41) is 21.1. The minimum Gasteiger partial charge on any atom is -0.485 e. The van der Waals surface area contributed by atoms with Crippen LogP contribution in [0.4, 0.5) is 22.4 Å². The van der Waals surface area contributed by atoms with Crippen LogP contribution >= 0.6 is 0 Å². The highest BCUT2D eigenvalue weighted by molar-refractivity contribution is 5.71. The standard InChI is InChI=1S/C19H17F4NO6/c20-11-6-12(21)17(23)18(16(11)22)29-9-14(25)13(7-15(26)27)24-19(28)30-8-10-4-2-1-3-5-10/h1-6,13-14,25H,7-9H2,(H,24,28)(H,26,27). The average Bonchev–Trinajstić information content (AvgIpc) is 2.70. The molecular formula is C19H17F4NO6. The molecule has 11 heteroatoms. The van der Waals surface area contributed by atoms with Crippen molar-refractivity contribution in [3.05, 3.63) is 65.2 Å². The highest BCUT2D eigenvalue weighted by Gasteiger charge is 2.27. The fourth-order valence-electron chi connectivity index (χ4n) is 2.35. The molecule has 7 nitrogen and oxygen atoms in total. The lowest BCUT2D eigenvalue weighted by Crippen LogP contribution is -2.47. The molecule has 1 amide bonds. The average molecular weight is 431 g/mol. The summed E-state index contributed by atoms with van der Waals surface area (Å²) in [6.45, 7) is -1.12. The van der Waals surface area contributed by atoms with Crippen LogP contribution in [0.5, 0.6) is 5.75 Å². The molecule has 2 rings (SSSR count). The Morgan fingerprint density at radius 2 is 1.63 bits per heavy atom. The number of carboxylic acid groups (broad SMARTS) is 1. The van der Waals surface area contributed by atoms with Crippen LogP contribution in [0.2, 0.25) is 0 Å². The predicted octanol–water partition coefficient (Wildman–Crippen LogP) is 2.75.